The molecule has 1 aliphatic carbocycles. The van der Waals surface area contributed by atoms with Crippen molar-refractivity contribution in [1.82, 2.24) is 4.98 Å². The lowest BCUT2D eigenvalue weighted by molar-refractivity contribution is -0.188. The van der Waals surface area contributed by atoms with E-state index in [0.29, 0.717) is 18.6 Å². The average molecular weight is 268 g/mol. The van der Waals surface area contributed by atoms with Crippen molar-refractivity contribution in [2.24, 2.45) is 5.92 Å². The first-order valence-corrected chi connectivity index (χ1v) is 6.13. The van der Waals surface area contributed by atoms with Gasteiger partial charge in [0.05, 0.1) is 18.0 Å². The summed E-state index contributed by atoms with van der Waals surface area (Å²) in [7, 11) is 0. The molecule has 1 heterocycles. The summed E-state index contributed by atoms with van der Waals surface area (Å²) in [6.07, 6.45) is -0.692. The molecule has 0 amide bonds. The van der Waals surface area contributed by atoms with Crippen LogP contribution < -0.4 is 0 Å². The van der Waals surface area contributed by atoms with Crippen molar-refractivity contribution in [1.29, 1.82) is 0 Å². The molecule has 0 spiro atoms. The van der Waals surface area contributed by atoms with E-state index >= 15 is 0 Å². The average Bonchev–Trinajstić information content (AvgIpc) is 2.76. The molecular formula is C11H13ClF3NO. The molecule has 2 rings (SSSR count). The lowest BCUT2D eigenvalue weighted by atomic mass is 9.77. The van der Waals surface area contributed by atoms with Crippen molar-refractivity contribution in [3.63, 3.8) is 0 Å². The van der Waals surface area contributed by atoms with Gasteiger partial charge in [-0.15, -0.1) is 11.6 Å². The highest BCUT2D eigenvalue weighted by molar-refractivity contribution is 6.16. The van der Waals surface area contributed by atoms with Crippen LogP contribution in [0.15, 0.2) is 10.6 Å². The molecule has 6 heteroatoms. The van der Waals surface area contributed by atoms with Crippen molar-refractivity contribution in [3.05, 3.63) is 17.8 Å². The van der Waals surface area contributed by atoms with Gasteiger partial charge in [-0.1, -0.05) is 12.8 Å². The third kappa shape index (κ3) is 2.76. The fourth-order valence-corrected chi connectivity index (χ4v) is 2.54. The van der Waals surface area contributed by atoms with Gasteiger partial charge < -0.3 is 4.42 Å². The number of aromatic nitrogens is 1. The van der Waals surface area contributed by atoms with Gasteiger partial charge in [-0.25, -0.2) is 4.98 Å². The summed E-state index contributed by atoms with van der Waals surface area (Å²) in [5.74, 6) is -1.22. The van der Waals surface area contributed by atoms with E-state index in [9.17, 15) is 13.2 Å². The van der Waals surface area contributed by atoms with Gasteiger partial charge in [0.2, 0.25) is 5.89 Å². The van der Waals surface area contributed by atoms with E-state index in [0.717, 1.165) is 6.42 Å². The molecule has 1 aliphatic rings. The number of hydrogen-bond acceptors (Lipinski definition) is 2. The molecule has 96 valence electrons. The van der Waals surface area contributed by atoms with Crippen LogP contribution in [0.25, 0.3) is 0 Å². The normalized spacial score (nSPS) is 26.1. The van der Waals surface area contributed by atoms with Crippen LogP contribution in [0.1, 0.15) is 43.3 Å². The Balaban J connectivity index is 2.21. The van der Waals surface area contributed by atoms with Gasteiger partial charge in [-0.2, -0.15) is 13.2 Å². The summed E-state index contributed by atoms with van der Waals surface area (Å²) in [4.78, 5) is 3.86. The predicted octanol–water partition coefficient (Wildman–Crippen LogP) is 4.25. The van der Waals surface area contributed by atoms with Crippen LogP contribution >= 0.6 is 11.6 Å². The second kappa shape index (κ2) is 4.88. The minimum absolute atomic E-state index is 0.0867. The second-order valence-corrected chi connectivity index (χ2v) is 4.60. The Morgan fingerprint density at radius 1 is 1.35 bits per heavy atom. The molecule has 2 nitrogen and oxygen atoms in total. The van der Waals surface area contributed by atoms with Crippen LogP contribution in [-0.2, 0) is 5.88 Å². The van der Waals surface area contributed by atoms with Crippen LogP contribution in [0.4, 0.5) is 13.2 Å². The second-order valence-electron chi connectivity index (χ2n) is 4.33. The number of halogens is 4. The molecule has 1 aromatic heterocycles. The lowest BCUT2D eigenvalue weighted by Gasteiger charge is -2.31. The molecular weight excluding hydrogens is 255 g/mol. The van der Waals surface area contributed by atoms with Gasteiger partial charge in [-0.05, 0) is 12.8 Å². The fourth-order valence-electron chi connectivity index (χ4n) is 2.42. The Morgan fingerprint density at radius 3 is 2.65 bits per heavy atom. The maximum absolute atomic E-state index is 12.9. The zero-order valence-corrected chi connectivity index (χ0v) is 9.89. The molecule has 0 aliphatic heterocycles. The van der Waals surface area contributed by atoms with Crippen LogP contribution in [0.3, 0.4) is 0 Å². The first kappa shape index (κ1) is 12.7. The van der Waals surface area contributed by atoms with Crippen LogP contribution in [0.2, 0.25) is 0 Å². The van der Waals surface area contributed by atoms with E-state index in [-0.39, 0.29) is 18.2 Å². The largest absolute Gasteiger partial charge is 0.444 e. The highest BCUT2D eigenvalue weighted by Crippen LogP contribution is 2.46. The molecule has 0 bridgehead atoms. The van der Waals surface area contributed by atoms with E-state index < -0.39 is 18.0 Å². The molecule has 1 aromatic rings. The third-order valence-corrected chi connectivity index (χ3v) is 3.47. The zero-order valence-electron chi connectivity index (χ0n) is 9.13. The van der Waals surface area contributed by atoms with Crippen LogP contribution in [0, 0.1) is 5.92 Å². The first-order valence-electron chi connectivity index (χ1n) is 5.59. The maximum Gasteiger partial charge on any atom is 0.392 e. The summed E-state index contributed by atoms with van der Waals surface area (Å²) >= 11 is 5.53. The molecule has 0 radical (unpaired) electrons. The SMILES string of the molecule is FC(F)(F)C1CCCCC1c1cnc(CCl)o1. The first-order chi connectivity index (χ1) is 8.02. The number of rotatable bonds is 2. The Morgan fingerprint density at radius 2 is 2.06 bits per heavy atom. The van der Waals surface area contributed by atoms with Crippen molar-refractivity contribution in [3.8, 4) is 0 Å². The minimum Gasteiger partial charge on any atom is -0.444 e. The quantitative estimate of drug-likeness (QED) is 0.749. The molecule has 0 saturated heterocycles. The van der Waals surface area contributed by atoms with E-state index in [4.69, 9.17) is 16.0 Å². The summed E-state index contributed by atoms with van der Waals surface area (Å²) in [6, 6.07) is 0. The smallest absolute Gasteiger partial charge is 0.392 e. The Bertz CT molecular complexity index is 377. The summed E-state index contributed by atoms with van der Waals surface area (Å²) in [6.45, 7) is 0. The van der Waals surface area contributed by atoms with Gasteiger partial charge in [0.15, 0.2) is 0 Å². The highest BCUT2D eigenvalue weighted by Gasteiger charge is 2.47. The monoisotopic (exact) mass is 267 g/mol. The van der Waals surface area contributed by atoms with Gasteiger partial charge in [0.1, 0.15) is 5.76 Å². The minimum atomic E-state index is -4.17. The summed E-state index contributed by atoms with van der Waals surface area (Å²) in [5, 5.41) is 0. The fraction of sp³-hybridized carbons (Fsp3) is 0.727. The maximum atomic E-state index is 12.9. The lowest BCUT2D eigenvalue weighted by Crippen LogP contribution is -2.31. The molecule has 2 unspecified atom stereocenters. The predicted molar refractivity (Wildman–Crippen MR) is 56.8 cm³/mol. The van der Waals surface area contributed by atoms with Gasteiger partial charge in [0, 0.05) is 5.92 Å². The van der Waals surface area contributed by atoms with Gasteiger partial charge >= 0.3 is 6.18 Å². The number of hydrogen-bond donors (Lipinski definition) is 0. The van der Waals surface area contributed by atoms with E-state index in [1.807, 2.05) is 0 Å². The Hall–Kier alpha value is -0.710. The Labute approximate surface area is 102 Å². The number of nitrogens with zero attached hydrogens (tertiary/aromatic N) is 1. The van der Waals surface area contributed by atoms with Gasteiger partial charge in [0.25, 0.3) is 0 Å². The van der Waals surface area contributed by atoms with Crippen molar-refractivity contribution in [2.75, 3.05) is 0 Å². The van der Waals surface area contributed by atoms with Crippen LogP contribution in [0.5, 0.6) is 0 Å². The van der Waals surface area contributed by atoms with E-state index in [1.54, 1.807) is 0 Å². The van der Waals surface area contributed by atoms with Crippen molar-refractivity contribution >= 4 is 11.6 Å². The molecule has 1 saturated carbocycles. The highest BCUT2D eigenvalue weighted by atomic mass is 35.5. The van der Waals surface area contributed by atoms with Crippen molar-refractivity contribution < 1.29 is 17.6 Å². The molecule has 17 heavy (non-hydrogen) atoms. The zero-order chi connectivity index (χ0) is 12.5. The molecule has 0 N–H and O–H groups in total. The van der Waals surface area contributed by atoms with E-state index in [2.05, 4.69) is 4.98 Å². The molecule has 1 fully saturated rings. The topological polar surface area (TPSA) is 26.0 Å². The van der Waals surface area contributed by atoms with Crippen molar-refractivity contribution in [2.45, 2.75) is 43.7 Å². The third-order valence-electron chi connectivity index (χ3n) is 3.24. The standard InChI is InChI=1S/C11H13ClF3NO/c12-5-10-16-6-9(17-10)7-3-1-2-4-8(7)11(13,14)15/h6-8H,1-5H2. The summed E-state index contributed by atoms with van der Waals surface area (Å²) in [5.41, 5.74) is 0. The van der Waals surface area contributed by atoms with Gasteiger partial charge in [-0.3, -0.25) is 0 Å². The van der Waals surface area contributed by atoms with E-state index in [1.165, 1.54) is 6.20 Å². The molecule has 2 atom stereocenters. The Kier molecular flexibility index (Phi) is 3.66. The summed E-state index contributed by atoms with van der Waals surface area (Å²) < 4.78 is 43.9. The molecule has 0 aromatic carbocycles. The number of alkyl halides is 4. The van der Waals surface area contributed by atoms with Crippen LogP contribution in [-0.4, -0.2) is 11.2 Å². The number of oxazole rings is 1.